The molecule has 0 aliphatic rings. The van der Waals surface area contributed by atoms with Crippen LogP contribution in [0.4, 0.5) is 0 Å². The van der Waals surface area contributed by atoms with Crippen molar-refractivity contribution in [3.63, 3.8) is 0 Å². The van der Waals surface area contributed by atoms with Crippen molar-refractivity contribution in [3.05, 3.63) is 24.3 Å². The van der Waals surface area contributed by atoms with Crippen LogP contribution in [-0.2, 0) is 0 Å². The molecule has 0 saturated carbocycles. The molecule has 0 bridgehead atoms. The molecule has 0 aliphatic heterocycles. The molecule has 1 rings (SSSR count). The molecule has 0 spiro atoms. The minimum Gasteiger partial charge on any atom is -0.494 e. The molecule has 1 aromatic rings. The van der Waals surface area contributed by atoms with E-state index in [9.17, 15) is 0 Å². The second-order valence-electron chi connectivity index (χ2n) is 3.97. The number of benzene rings is 1. The fourth-order valence-electron chi connectivity index (χ4n) is 1.20. The Morgan fingerprint density at radius 3 is 1.88 bits per heavy atom. The lowest BCUT2D eigenvalue weighted by molar-refractivity contribution is 0.260. The molecule has 0 N–H and O–H groups in total. The summed E-state index contributed by atoms with van der Waals surface area (Å²) in [6.07, 6.45) is 1.03. The van der Waals surface area contributed by atoms with E-state index >= 15 is 0 Å². The van der Waals surface area contributed by atoms with Crippen molar-refractivity contribution in [2.75, 3.05) is 33.9 Å². The van der Waals surface area contributed by atoms with Crippen molar-refractivity contribution in [2.45, 2.75) is 13.3 Å². The summed E-state index contributed by atoms with van der Waals surface area (Å²) in [4.78, 5) is 2.10. The molecule has 0 aromatic heterocycles. The van der Waals surface area contributed by atoms with Gasteiger partial charge in [0.1, 0.15) is 18.1 Å². The molecular weight excluding hydrogens is 202 g/mol. The van der Waals surface area contributed by atoms with Gasteiger partial charge in [0.05, 0.1) is 6.61 Å². The molecule has 0 amide bonds. The van der Waals surface area contributed by atoms with Crippen LogP contribution in [0.3, 0.4) is 0 Å². The van der Waals surface area contributed by atoms with Gasteiger partial charge in [-0.3, -0.25) is 0 Å². The van der Waals surface area contributed by atoms with Crippen molar-refractivity contribution in [3.8, 4) is 11.5 Å². The Labute approximate surface area is 98.0 Å². The number of hydrogen-bond acceptors (Lipinski definition) is 3. The Morgan fingerprint density at radius 1 is 0.938 bits per heavy atom. The number of nitrogens with zero attached hydrogens (tertiary/aromatic N) is 1. The van der Waals surface area contributed by atoms with E-state index in [0.29, 0.717) is 6.61 Å². The van der Waals surface area contributed by atoms with Gasteiger partial charge in [0.25, 0.3) is 0 Å². The Balaban J connectivity index is 2.33. The van der Waals surface area contributed by atoms with Crippen molar-refractivity contribution in [2.24, 2.45) is 0 Å². The second-order valence-corrected chi connectivity index (χ2v) is 3.97. The molecule has 16 heavy (non-hydrogen) atoms. The number of ether oxygens (including phenoxy) is 2. The van der Waals surface area contributed by atoms with Crippen LogP contribution >= 0.6 is 0 Å². The minimum atomic E-state index is 0.710. The van der Waals surface area contributed by atoms with E-state index in [1.807, 2.05) is 38.4 Å². The van der Waals surface area contributed by atoms with Crippen LogP contribution in [0.2, 0.25) is 0 Å². The van der Waals surface area contributed by atoms with Crippen LogP contribution in [0.5, 0.6) is 11.5 Å². The molecule has 0 heterocycles. The van der Waals surface area contributed by atoms with Gasteiger partial charge in [-0.15, -0.1) is 0 Å². The summed E-state index contributed by atoms with van der Waals surface area (Å²) in [5.41, 5.74) is 0. The van der Waals surface area contributed by atoms with Crippen LogP contribution in [0, 0.1) is 0 Å². The van der Waals surface area contributed by atoms with Crippen LogP contribution in [0.15, 0.2) is 24.3 Å². The van der Waals surface area contributed by atoms with E-state index in [4.69, 9.17) is 9.47 Å². The zero-order chi connectivity index (χ0) is 11.8. The summed E-state index contributed by atoms with van der Waals surface area (Å²) in [6.45, 7) is 4.50. The highest BCUT2D eigenvalue weighted by Gasteiger charge is 1.96. The maximum atomic E-state index is 5.58. The Hall–Kier alpha value is -1.22. The predicted molar refractivity (Wildman–Crippen MR) is 66.3 cm³/mol. The Kier molecular flexibility index (Phi) is 5.72. The SMILES string of the molecule is CCCOc1ccc(OCCN(C)C)cc1. The third-order valence-electron chi connectivity index (χ3n) is 2.10. The van der Waals surface area contributed by atoms with Gasteiger partial charge in [0.15, 0.2) is 0 Å². The first kappa shape index (κ1) is 12.8. The highest BCUT2D eigenvalue weighted by atomic mass is 16.5. The first-order valence-corrected chi connectivity index (χ1v) is 5.72. The fourth-order valence-corrected chi connectivity index (χ4v) is 1.20. The van der Waals surface area contributed by atoms with Crippen LogP contribution < -0.4 is 9.47 Å². The third-order valence-corrected chi connectivity index (χ3v) is 2.10. The van der Waals surface area contributed by atoms with E-state index in [1.54, 1.807) is 0 Å². The van der Waals surface area contributed by atoms with Crippen molar-refractivity contribution >= 4 is 0 Å². The van der Waals surface area contributed by atoms with Gasteiger partial charge in [0.2, 0.25) is 0 Å². The quantitative estimate of drug-likeness (QED) is 0.708. The summed E-state index contributed by atoms with van der Waals surface area (Å²) in [6, 6.07) is 7.78. The summed E-state index contributed by atoms with van der Waals surface area (Å²) >= 11 is 0. The number of hydrogen-bond donors (Lipinski definition) is 0. The van der Waals surface area contributed by atoms with Gasteiger partial charge in [-0.25, -0.2) is 0 Å². The molecule has 0 radical (unpaired) electrons. The summed E-state index contributed by atoms with van der Waals surface area (Å²) in [5, 5.41) is 0. The molecule has 0 fully saturated rings. The van der Waals surface area contributed by atoms with Gasteiger partial charge in [0, 0.05) is 6.54 Å². The van der Waals surface area contributed by atoms with Crippen LogP contribution in [0.1, 0.15) is 13.3 Å². The topological polar surface area (TPSA) is 21.7 Å². The minimum absolute atomic E-state index is 0.710. The zero-order valence-corrected chi connectivity index (χ0v) is 10.4. The van der Waals surface area contributed by atoms with Gasteiger partial charge in [-0.2, -0.15) is 0 Å². The first-order chi connectivity index (χ1) is 7.72. The maximum Gasteiger partial charge on any atom is 0.119 e. The normalized spacial score (nSPS) is 10.5. The lowest BCUT2D eigenvalue weighted by atomic mass is 10.3. The maximum absolute atomic E-state index is 5.58. The predicted octanol–water partition coefficient (Wildman–Crippen LogP) is 2.42. The number of rotatable bonds is 7. The lowest BCUT2D eigenvalue weighted by Gasteiger charge is -2.11. The lowest BCUT2D eigenvalue weighted by Crippen LogP contribution is -2.19. The van der Waals surface area contributed by atoms with E-state index < -0.39 is 0 Å². The van der Waals surface area contributed by atoms with Gasteiger partial charge in [-0.05, 0) is 44.8 Å². The van der Waals surface area contributed by atoms with Crippen LogP contribution in [-0.4, -0.2) is 38.8 Å². The smallest absolute Gasteiger partial charge is 0.119 e. The molecule has 0 saturated heterocycles. The van der Waals surface area contributed by atoms with E-state index in [1.165, 1.54) is 0 Å². The average molecular weight is 223 g/mol. The monoisotopic (exact) mass is 223 g/mol. The largest absolute Gasteiger partial charge is 0.494 e. The van der Waals surface area contributed by atoms with Crippen LogP contribution in [0.25, 0.3) is 0 Å². The Morgan fingerprint density at radius 2 is 1.44 bits per heavy atom. The van der Waals surface area contributed by atoms with Crippen molar-refractivity contribution in [1.82, 2.24) is 4.90 Å². The molecule has 3 heteroatoms. The fraction of sp³-hybridized carbons (Fsp3) is 0.538. The van der Waals surface area contributed by atoms with Gasteiger partial charge >= 0.3 is 0 Å². The third kappa shape index (κ3) is 5.03. The molecule has 3 nitrogen and oxygen atoms in total. The molecule has 1 aromatic carbocycles. The second kappa shape index (κ2) is 7.12. The van der Waals surface area contributed by atoms with Gasteiger partial charge in [-0.1, -0.05) is 6.92 Å². The molecule has 0 unspecified atom stereocenters. The highest BCUT2D eigenvalue weighted by molar-refractivity contribution is 5.31. The summed E-state index contributed by atoms with van der Waals surface area (Å²) in [5.74, 6) is 1.80. The summed E-state index contributed by atoms with van der Waals surface area (Å²) < 4.78 is 11.1. The average Bonchev–Trinajstić information content (AvgIpc) is 2.27. The van der Waals surface area contributed by atoms with Crippen molar-refractivity contribution < 1.29 is 9.47 Å². The molecule has 0 atom stereocenters. The Bertz CT molecular complexity index is 282. The standard InChI is InChI=1S/C13H21NO2/c1-4-10-15-12-5-7-13(8-6-12)16-11-9-14(2)3/h5-8H,4,9-11H2,1-3H3. The van der Waals surface area contributed by atoms with E-state index in [-0.39, 0.29) is 0 Å². The first-order valence-electron chi connectivity index (χ1n) is 5.72. The highest BCUT2D eigenvalue weighted by Crippen LogP contribution is 2.17. The summed E-state index contributed by atoms with van der Waals surface area (Å²) in [7, 11) is 4.07. The number of likely N-dealkylation sites (N-methyl/N-ethyl adjacent to an activating group) is 1. The van der Waals surface area contributed by atoms with E-state index in [2.05, 4.69) is 11.8 Å². The molecule has 0 aliphatic carbocycles. The molecular formula is C13H21NO2. The van der Waals surface area contributed by atoms with Crippen molar-refractivity contribution in [1.29, 1.82) is 0 Å². The van der Waals surface area contributed by atoms with Gasteiger partial charge < -0.3 is 14.4 Å². The van der Waals surface area contributed by atoms with E-state index in [0.717, 1.165) is 31.1 Å². The molecule has 90 valence electrons. The zero-order valence-electron chi connectivity index (χ0n) is 10.4.